The monoisotopic (exact) mass is 297 g/mol. The quantitative estimate of drug-likeness (QED) is 0.874. The minimum Gasteiger partial charge on any atom is -0.494 e. The summed E-state index contributed by atoms with van der Waals surface area (Å²) in [6.45, 7) is 2.62. The van der Waals surface area contributed by atoms with Crippen molar-refractivity contribution in [2.24, 2.45) is 5.92 Å². The standard InChI is InChI=1S/C15H23NO3S/c1-3-19-14-6-4-13(5-7-14)15(16-2)10-12-8-9-20(17,18)11-12/h4-7,12,15-16H,3,8-11H2,1-2H3. The maximum atomic E-state index is 11.5. The number of hydrogen-bond acceptors (Lipinski definition) is 4. The summed E-state index contributed by atoms with van der Waals surface area (Å²) in [4.78, 5) is 0. The Balaban J connectivity index is 2.01. The van der Waals surface area contributed by atoms with Crippen molar-refractivity contribution in [3.63, 3.8) is 0 Å². The fourth-order valence-corrected chi connectivity index (χ4v) is 4.65. The van der Waals surface area contributed by atoms with Gasteiger partial charge in [0.25, 0.3) is 0 Å². The van der Waals surface area contributed by atoms with Gasteiger partial charge in [-0.05, 0) is 50.4 Å². The van der Waals surface area contributed by atoms with E-state index in [9.17, 15) is 8.42 Å². The van der Waals surface area contributed by atoms with Gasteiger partial charge in [-0.15, -0.1) is 0 Å². The normalized spacial score (nSPS) is 22.6. The highest BCUT2D eigenvalue weighted by atomic mass is 32.2. The van der Waals surface area contributed by atoms with Gasteiger partial charge in [0.05, 0.1) is 18.1 Å². The molecule has 0 aliphatic carbocycles. The maximum Gasteiger partial charge on any atom is 0.150 e. The average Bonchev–Trinajstić information content (AvgIpc) is 2.77. The van der Waals surface area contributed by atoms with Gasteiger partial charge < -0.3 is 10.1 Å². The van der Waals surface area contributed by atoms with Gasteiger partial charge >= 0.3 is 0 Å². The maximum absolute atomic E-state index is 11.5. The Morgan fingerprint density at radius 1 is 1.35 bits per heavy atom. The second-order valence-electron chi connectivity index (χ2n) is 5.35. The third-order valence-corrected chi connectivity index (χ3v) is 5.67. The summed E-state index contributed by atoms with van der Waals surface area (Å²) in [6, 6.07) is 8.23. The van der Waals surface area contributed by atoms with Gasteiger partial charge in [-0.2, -0.15) is 0 Å². The molecule has 0 saturated carbocycles. The van der Waals surface area contributed by atoms with Crippen LogP contribution in [-0.2, 0) is 9.84 Å². The van der Waals surface area contributed by atoms with E-state index in [0.29, 0.717) is 18.1 Å². The van der Waals surface area contributed by atoms with E-state index in [1.165, 1.54) is 5.56 Å². The number of hydrogen-bond donors (Lipinski definition) is 1. The van der Waals surface area contributed by atoms with Crippen LogP contribution >= 0.6 is 0 Å². The molecule has 2 unspecified atom stereocenters. The van der Waals surface area contributed by atoms with Crippen molar-refractivity contribution in [1.29, 1.82) is 0 Å². The molecular weight excluding hydrogens is 274 g/mol. The van der Waals surface area contributed by atoms with Crippen LogP contribution in [-0.4, -0.2) is 33.6 Å². The first-order valence-corrected chi connectivity index (χ1v) is 8.96. The van der Waals surface area contributed by atoms with E-state index in [4.69, 9.17) is 4.74 Å². The van der Waals surface area contributed by atoms with Crippen LogP contribution in [0.2, 0.25) is 0 Å². The van der Waals surface area contributed by atoms with Crippen molar-refractivity contribution in [3.05, 3.63) is 29.8 Å². The van der Waals surface area contributed by atoms with Gasteiger partial charge in [-0.3, -0.25) is 0 Å². The van der Waals surface area contributed by atoms with Gasteiger partial charge in [0.2, 0.25) is 0 Å². The first-order valence-electron chi connectivity index (χ1n) is 7.14. The number of ether oxygens (including phenoxy) is 1. The Labute approximate surface area is 121 Å². The lowest BCUT2D eigenvalue weighted by Gasteiger charge is -2.20. The molecule has 0 radical (unpaired) electrons. The second kappa shape index (κ2) is 6.59. The van der Waals surface area contributed by atoms with Crippen molar-refractivity contribution in [3.8, 4) is 5.75 Å². The molecule has 0 bridgehead atoms. The van der Waals surface area contributed by atoms with Gasteiger partial charge in [0.1, 0.15) is 5.75 Å². The zero-order valence-corrected chi connectivity index (χ0v) is 12.9. The van der Waals surface area contributed by atoms with E-state index in [1.54, 1.807) is 0 Å². The molecule has 1 fully saturated rings. The van der Waals surface area contributed by atoms with Crippen molar-refractivity contribution in [2.45, 2.75) is 25.8 Å². The highest BCUT2D eigenvalue weighted by Gasteiger charge is 2.29. The van der Waals surface area contributed by atoms with Crippen LogP contribution in [0.1, 0.15) is 31.4 Å². The molecule has 1 saturated heterocycles. The Hall–Kier alpha value is -1.07. The summed E-state index contributed by atoms with van der Waals surface area (Å²) in [5.74, 6) is 1.82. The van der Waals surface area contributed by atoms with Gasteiger partial charge in [0.15, 0.2) is 9.84 Å². The lowest BCUT2D eigenvalue weighted by atomic mass is 9.94. The highest BCUT2D eigenvalue weighted by molar-refractivity contribution is 7.91. The minimum absolute atomic E-state index is 0.198. The van der Waals surface area contributed by atoms with Crippen molar-refractivity contribution < 1.29 is 13.2 Å². The molecule has 1 heterocycles. The largest absolute Gasteiger partial charge is 0.494 e. The Morgan fingerprint density at radius 3 is 2.55 bits per heavy atom. The van der Waals surface area contributed by atoms with E-state index in [0.717, 1.165) is 18.6 Å². The molecule has 1 aliphatic heterocycles. The van der Waals surface area contributed by atoms with E-state index < -0.39 is 9.84 Å². The van der Waals surface area contributed by atoms with E-state index >= 15 is 0 Å². The number of sulfone groups is 1. The molecule has 2 atom stereocenters. The van der Waals surface area contributed by atoms with Crippen LogP contribution in [0.5, 0.6) is 5.75 Å². The van der Waals surface area contributed by atoms with Crippen LogP contribution in [0.4, 0.5) is 0 Å². The SMILES string of the molecule is CCOc1ccc(C(CC2CCS(=O)(=O)C2)NC)cc1. The smallest absolute Gasteiger partial charge is 0.150 e. The minimum atomic E-state index is -2.79. The molecule has 2 rings (SSSR count). The Morgan fingerprint density at radius 2 is 2.05 bits per heavy atom. The highest BCUT2D eigenvalue weighted by Crippen LogP contribution is 2.29. The Kier molecular flexibility index (Phi) is 5.05. The summed E-state index contributed by atoms with van der Waals surface area (Å²) in [6.07, 6.45) is 1.65. The molecule has 0 amide bonds. The van der Waals surface area contributed by atoms with E-state index in [-0.39, 0.29) is 12.0 Å². The topological polar surface area (TPSA) is 55.4 Å². The summed E-state index contributed by atoms with van der Waals surface area (Å²) < 4.78 is 28.5. The molecule has 1 aromatic carbocycles. The van der Waals surface area contributed by atoms with E-state index in [1.807, 2.05) is 26.1 Å². The number of nitrogens with one attached hydrogen (secondary N) is 1. The molecule has 20 heavy (non-hydrogen) atoms. The number of rotatable bonds is 6. The number of benzene rings is 1. The van der Waals surface area contributed by atoms with Crippen LogP contribution in [0, 0.1) is 5.92 Å². The van der Waals surface area contributed by atoms with Crippen molar-refractivity contribution in [2.75, 3.05) is 25.2 Å². The third kappa shape index (κ3) is 3.96. The third-order valence-electron chi connectivity index (χ3n) is 3.84. The van der Waals surface area contributed by atoms with Gasteiger partial charge in [-0.25, -0.2) is 8.42 Å². The summed E-state index contributed by atoms with van der Waals surface area (Å²) in [5, 5.41) is 3.29. The lowest BCUT2D eigenvalue weighted by Crippen LogP contribution is -2.20. The first-order chi connectivity index (χ1) is 9.54. The van der Waals surface area contributed by atoms with Gasteiger partial charge in [0, 0.05) is 6.04 Å². The molecular formula is C15H23NO3S. The molecule has 1 aliphatic rings. The van der Waals surface area contributed by atoms with Crippen LogP contribution in [0.15, 0.2) is 24.3 Å². The van der Waals surface area contributed by atoms with Crippen molar-refractivity contribution in [1.82, 2.24) is 5.32 Å². The molecule has 1 N–H and O–H groups in total. The molecule has 1 aromatic rings. The zero-order valence-electron chi connectivity index (χ0n) is 12.1. The predicted molar refractivity (Wildman–Crippen MR) is 80.8 cm³/mol. The van der Waals surface area contributed by atoms with Crippen molar-refractivity contribution >= 4 is 9.84 Å². The predicted octanol–water partition coefficient (Wildman–Crippen LogP) is 2.17. The molecule has 0 aromatic heterocycles. The average molecular weight is 297 g/mol. The van der Waals surface area contributed by atoms with Crippen LogP contribution in [0.3, 0.4) is 0 Å². The molecule has 0 spiro atoms. The fourth-order valence-electron chi connectivity index (χ4n) is 2.77. The molecule has 4 nitrogen and oxygen atoms in total. The summed E-state index contributed by atoms with van der Waals surface area (Å²) in [7, 11) is -0.872. The summed E-state index contributed by atoms with van der Waals surface area (Å²) in [5.41, 5.74) is 1.18. The van der Waals surface area contributed by atoms with Gasteiger partial charge in [-0.1, -0.05) is 12.1 Å². The molecule has 5 heteroatoms. The fraction of sp³-hybridized carbons (Fsp3) is 0.600. The first kappa shape index (κ1) is 15.3. The summed E-state index contributed by atoms with van der Waals surface area (Å²) >= 11 is 0. The van der Waals surface area contributed by atoms with Crippen LogP contribution in [0.25, 0.3) is 0 Å². The van der Waals surface area contributed by atoms with E-state index in [2.05, 4.69) is 17.4 Å². The second-order valence-corrected chi connectivity index (χ2v) is 7.58. The zero-order chi connectivity index (χ0) is 14.6. The Bertz CT molecular complexity index is 525. The molecule has 112 valence electrons. The van der Waals surface area contributed by atoms with Crippen LogP contribution < -0.4 is 10.1 Å². The lowest BCUT2D eigenvalue weighted by molar-refractivity contribution is 0.340.